The maximum atomic E-state index is 13.7. The molecular formula is C21H20N4O2S. The fourth-order valence-corrected chi connectivity index (χ4v) is 4.69. The van der Waals surface area contributed by atoms with E-state index in [9.17, 15) is 4.79 Å². The van der Waals surface area contributed by atoms with Crippen molar-refractivity contribution in [2.24, 2.45) is 0 Å². The van der Waals surface area contributed by atoms with Crippen LogP contribution < -0.4 is 4.90 Å². The van der Waals surface area contributed by atoms with E-state index in [4.69, 9.17) is 9.72 Å². The van der Waals surface area contributed by atoms with Gasteiger partial charge in [0.15, 0.2) is 5.13 Å². The van der Waals surface area contributed by atoms with Crippen molar-refractivity contribution in [2.75, 3.05) is 18.1 Å². The molecule has 6 nitrogen and oxygen atoms in total. The summed E-state index contributed by atoms with van der Waals surface area (Å²) >= 11 is 1.53. The number of rotatable bonds is 4. The van der Waals surface area contributed by atoms with Crippen molar-refractivity contribution in [1.82, 2.24) is 14.4 Å². The number of anilines is 1. The molecule has 1 aliphatic heterocycles. The second kappa shape index (κ2) is 7.00. The summed E-state index contributed by atoms with van der Waals surface area (Å²) in [4.78, 5) is 24.7. The number of ether oxygens (including phenoxy) is 1. The molecule has 1 amide bonds. The van der Waals surface area contributed by atoms with Crippen LogP contribution in [-0.2, 0) is 4.74 Å². The molecule has 142 valence electrons. The quantitative estimate of drug-likeness (QED) is 0.525. The lowest BCUT2D eigenvalue weighted by molar-refractivity contribution is 0.0912. The Morgan fingerprint density at radius 1 is 1.25 bits per heavy atom. The maximum absolute atomic E-state index is 13.7. The van der Waals surface area contributed by atoms with E-state index in [0.29, 0.717) is 17.4 Å². The van der Waals surface area contributed by atoms with E-state index in [1.165, 1.54) is 11.3 Å². The molecule has 0 N–H and O–H groups in total. The standard InChI is InChI=1S/C21H20N4O2S/c1-14-19(24-11-5-4-10-18(24)22-14)20(26)25(13-15-7-6-12-27-15)21-23-16-8-2-3-9-17(16)28-21/h2-5,8-11,15H,6-7,12-13H2,1H3. The van der Waals surface area contributed by atoms with Crippen LogP contribution >= 0.6 is 11.3 Å². The number of aryl methyl sites for hydroxylation is 1. The van der Waals surface area contributed by atoms with Crippen LogP contribution in [0.1, 0.15) is 29.0 Å². The third kappa shape index (κ3) is 2.96. The van der Waals surface area contributed by atoms with E-state index >= 15 is 0 Å². The molecule has 1 saturated heterocycles. The SMILES string of the molecule is Cc1nc2ccccn2c1C(=O)N(CC1CCCO1)c1nc2ccccc2s1. The predicted molar refractivity (Wildman–Crippen MR) is 110 cm³/mol. The van der Waals surface area contributed by atoms with E-state index in [0.717, 1.165) is 41.0 Å². The number of fused-ring (bicyclic) bond motifs is 2. The number of amides is 1. The molecule has 0 aliphatic carbocycles. The highest BCUT2D eigenvalue weighted by molar-refractivity contribution is 7.22. The minimum atomic E-state index is -0.0919. The van der Waals surface area contributed by atoms with Gasteiger partial charge in [-0.25, -0.2) is 9.97 Å². The van der Waals surface area contributed by atoms with Gasteiger partial charge in [-0.1, -0.05) is 29.5 Å². The van der Waals surface area contributed by atoms with Crippen LogP contribution in [0.2, 0.25) is 0 Å². The molecule has 7 heteroatoms. The molecule has 0 saturated carbocycles. The average Bonchev–Trinajstić information content (AvgIpc) is 3.42. The fourth-order valence-electron chi connectivity index (χ4n) is 3.71. The summed E-state index contributed by atoms with van der Waals surface area (Å²) in [5.74, 6) is -0.0919. The van der Waals surface area contributed by atoms with Crippen LogP contribution in [0, 0.1) is 6.92 Å². The van der Waals surface area contributed by atoms with Gasteiger partial charge in [-0.2, -0.15) is 0 Å². The first-order valence-corrected chi connectivity index (χ1v) is 10.2. The van der Waals surface area contributed by atoms with Gasteiger partial charge in [0.1, 0.15) is 11.3 Å². The number of aromatic nitrogens is 3. The van der Waals surface area contributed by atoms with Crippen LogP contribution in [0.15, 0.2) is 48.7 Å². The van der Waals surface area contributed by atoms with Gasteiger partial charge in [0, 0.05) is 12.8 Å². The Hall–Kier alpha value is -2.77. The van der Waals surface area contributed by atoms with E-state index in [2.05, 4.69) is 4.98 Å². The Balaban J connectivity index is 1.60. The highest BCUT2D eigenvalue weighted by atomic mass is 32.1. The summed E-state index contributed by atoms with van der Waals surface area (Å²) in [5, 5.41) is 0.701. The Morgan fingerprint density at radius 2 is 2.11 bits per heavy atom. The zero-order chi connectivity index (χ0) is 19.1. The minimum Gasteiger partial charge on any atom is -0.376 e. The van der Waals surface area contributed by atoms with Gasteiger partial charge in [-0.15, -0.1) is 0 Å². The summed E-state index contributed by atoms with van der Waals surface area (Å²) < 4.78 is 8.75. The number of pyridine rings is 1. The van der Waals surface area contributed by atoms with E-state index in [1.54, 1.807) is 4.90 Å². The van der Waals surface area contributed by atoms with Crippen LogP contribution in [-0.4, -0.2) is 39.5 Å². The van der Waals surface area contributed by atoms with Crippen molar-refractivity contribution in [1.29, 1.82) is 0 Å². The van der Waals surface area contributed by atoms with Gasteiger partial charge in [0.2, 0.25) is 0 Å². The largest absolute Gasteiger partial charge is 0.376 e. The zero-order valence-electron chi connectivity index (χ0n) is 15.5. The molecule has 1 fully saturated rings. The summed E-state index contributed by atoms with van der Waals surface area (Å²) in [5.41, 5.74) is 2.97. The van der Waals surface area contributed by atoms with Crippen molar-refractivity contribution in [3.63, 3.8) is 0 Å². The molecule has 28 heavy (non-hydrogen) atoms. The molecule has 4 aromatic rings. The van der Waals surface area contributed by atoms with Crippen molar-refractivity contribution in [2.45, 2.75) is 25.9 Å². The molecule has 1 unspecified atom stereocenters. The van der Waals surface area contributed by atoms with Gasteiger partial charge in [-0.05, 0) is 44.0 Å². The summed E-state index contributed by atoms with van der Waals surface area (Å²) in [7, 11) is 0. The van der Waals surface area contributed by atoms with Gasteiger partial charge in [-0.3, -0.25) is 14.1 Å². The molecule has 5 rings (SSSR count). The Bertz CT molecular complexity index is 1130. The number of hydrogen-bond acceptors (Lipinski definition) is 5. The van der Waals surface area contributed by atoms with E-state index in [-0.39, 0.29) is 12.0 Å². The van der Waals surface area contributed by atoms with Crippen molar-refractivity contribution >= 4 is 38.2 Å². The van der Waals surface area contributed by atoms with Crippen LogP contribution in [0.25, 0.3) is 15.9 Å². The first-order valence-electron chi connectivity index (χ1n) is 9.43. The summed E-state index contributed by atoms with van der Waals surface area (Å²) in [6, 6.07) is 13.7. The highest BCUT2D eigenvalue weighted by Gasteiger charge is 2.29. The Kier molecular flexibility index (Phi) is 4.33. The summed E-state index contributed by atoms with van der Waals surface area (Å²) in [6.07, 6.45) is 3.91. The number of thiazole rings is 1. The zero-order valence-corrected chi connectivity index (χ0v) is 16.4. The first-order chi connectivity index (χ1) is 13.7. The monoisotopic (exact) mass is 392 g/mol. The normalized spacial score (nSPS) is 16.8. The first kappa shape index (κ1) is 17.3. The lowest BCUT2D eigenvalue weighted by Gasteiger charge is -2.23. The third-order valence-corrected chi connectivity index (χ3v) is 6.14. The van der Waals surface area contributed by atoms with Gasteiger partial charge < -0.3 is 4.74 Å². The molecule has 1 aromatic carbocycles. The molecular weight excluding hydrogens is 372 g/mol. The van der Waals surface area contributed by atoms with E-state index < -0.39 is 0 Å². The second-order valence-electron chi connectivity index (χ2n) is 6.99. The molecule has 4 heterocycles. The molecule has 1 atom stereocenters. The fraction of sp³-hybridized carbons (Fsp3) is 0.286. The molecule has 0 spiro atoms. The number of carbonyl (C=O) groups excluding carboxylic acids is 1. The van der Waals surface area contributed by atoms with Crippen molar-refractivity contribution in [3.8, 4) is 0 Å². The lowest BCUT2D eigenvalue weighted by Crippen LogP contribution is -2.38. The third-order valence-electron chi connectivity index (χ3n) is 5.08. The van der Waals surface area contributed by atoms with E-state index in [1.807, 2.05) is 60.0 Å². The number of carbonyl (C=O) groups is 1. The second-order valence-corrected chi connectivity index (χ2v) is 8.00. The number of benzene rings is 1. The smallest absolute Gasteiger partial charge is 0.279 e. The molecule has 0 radical (unpaired) electrons. The topological polar surface area (TPSA) is 59.7 Å². The highest BCUT2D eigenvalue weighted by Crippen LogP contribution is 2.31. The molecule has 1 aliphatic rings. The van der Waals surface area contributed by atoms with Gasteiger partial charge in [0.05, 0.1) is 28.6 Å². The summed E-state index contributed by atoms with van der Waals surface area (Å²) in [6.45, 7) is 3.13. The number of hydrogen-bond donors (Lipinski definition) is 0. The van der Waals surface area contributed by atoms with Crippen LogP contribution in [0.3, 0.4) is 0 Å². The Labute approximate surface area is 166 Å². The molecule has 3 aromatic heterocycles. The molecule has 0 bridgehead atoms. The minimum absolute atomic E-state index is 0.0375. The van der Waals surface area contributed by atoms with Crippen LogP contribution in [0.4, 0.5) is 5.13 Å². The predicted octanol–water partition coefficient (Wildman–Crippen LogP) is 4.08. The van der Waals surface area contributed by atoms with Crippen molar-refractivity contribution in [3.05, 3.63) is 60.0 Å². The van der Waals surface area contributed by atoms with Gasteiger partial charge >= 0.3 is 0 Å². The lowest BCUT2D eigenvalue weighted by atomic mass is 10.2. The number of nitrogens with zero attached hydrogens (tertiary/aromatic N) is 4. The average molecular weight is 392 g/mol. The van der Waals surface area contributed by atoms with Crippen molar-refractivity contribution < 1.29 is 9.53 Å². The number of imidazole rings is 1. The van der Waals surface area contributed by atoms with Crippen LogP contribution in [0.5, 0.6) is 0 Å². The Morgan fingerprint density at radius 3 is 2.93 bits per heavy atom. The number of para-hydroxylation sites is 1. The van der Waals surface area contributed by atoms with Gasteiger partial charge in [0.25, 0.3) is 5.91 Å². The maximum Gasteiger partial charge on any atom is 0.279 e.